The summed E-state index contributed by atoms with van der Waals surface area (Å²) in [5, 5.41) is 8.32. The highest BCUT2D eigenvalue weighted by Gasteiger charge is 2.21. The molecule has 1 saturated carbocycles. The van der Waals surface area contributed by atoms with Crippen molar-refractivity contribution in [2.24, 2.45) is 0 Å². The molecular weight excluding hydrogens is 294 g/mol. The minimum Gasteiger partial charge on any atom is -0.336 e. The van der Waals surface area contributed by atoms with Crippen LogP contribution in [0.4, 0.5) is 4.79 Å². The van der Waals surface area contributed by atoms with Gasteiger partial charge in [0, 0.05) is 17.5 Å². The number of nitrogens with one attached hydrogen (secondary N) is 2. The fourth-order valence-electron chi connectivity index (χ4n) is 3.23. The van der Waals surface area contributed by atoms with E-state index in [-0.39, 0.29) is 12.1 Å². The lowest BCUT2D eigenvalue weighted by Gasteiger charge is -2.29. The lowest BCUT2D eigenvalue weighted by atomic mass is 9.96. The molecule has 1 aliphatic rings. The largest absolute Gasteiger partial charge is 0.336 e. The van der Waals surface area contributed by atoms with Gasteiger partial charge in [-0.05, 0) is 37.4 Å². The van der Waals surface area contributed by atoms with Crippen LogP contribution >= 0.6 is 11.3 Å². The maximum atomic E-state index is 12.1. The fraction of sp³-hybridized carbons (Fsp3) is 0.706. The van der Waals surface area contributed by atoms with Crippen molar-refractivity contribution in [3.05, 3.63) is 22.4 Å². The summed E-state index contributed by atoms with van der Waals surface area (Å²) >= 11 is 1.76. The normalized spacial score (nSPS) is 17.4. The molecule has 2 rings (SSSR count). The molecule has 1 aromatic heterocycles. The van der Waals surface area contributed by atoms with Crippen LogP contribution in [0.1, 0.15) is 56.9 Å². The summed E-state index contributed by atoms with van der Waals surface area (Å²) in [4.78, 5) is 15.9. The Hall–Kier alpha value is -1.07. The lowest BCUT2D eigenvalue weighted by molar-refractivity contribution is 0.205. The van der Waals surface area contributed by atoms with E-state index in [9.17, 15) is 4.79 Å². The van der Waals surface area contributed by atoms with Crippen molar-refractivity contribution in [1.29, 1.82) is 0 Å². The predicted molar refractivity (Wildman–Crippen MR) is 93.4 cm³/mol. The highest BCUT2D eigenvalue weighted by atomic mass is 32.1. The molecule has 1 fully saturated rings. The number of carbonyl (C=O) groups excluding carboxylic acids is 1. The van der Waals surface area contributed by atoms with E-state index >= 15 is 0 Å². The predicted octanol–water partition coefficient (Wildman–Crippen LogP) is 3.76. The molecule has 0 aromatic carbocycles. The van der Waals surface area contributed by atoms with Gasteiger partial charge in [-0.25, -0.2) is 4.79 Å². The third kappa shape index (κ3) is 4.99. The van der Waals surface area contributed by atoms with Gasteiger partial charge in [-0.15, -0.1) is 11.3 Å². The van der Waals surface area contributed by atoms with E-state index in [0.717, 1.165) is 25.9 Å². The highest BCUT2D eigenvalue weighted by Crippen LogP contribution is 2.24. The lowest BCUT2D eigenvalue weighted by Crippen LogP contribution is -2.46. The Morgan fingerprint density at radius 2 is 2.05 bits per heavy atom. The van der Waals surface area contributed by atoms with Crippen molar-refractivity contribution < 1.29 is 4.79 Å². The first kappa shape index (κ1) is 17.3. The number of nitrogens with zero attached hydrogens (tertiary/aromatic N) is 1. The highest BCUT2D eigenvalue weighted by molar-refractivity contribution is 7.10. The Bertz CT molecular complexity index is 425. The number of hydrogen-bond donors (Lipinski definition) is 2. The van der Waals surface area contributed by atoms with Gasteiger partial charge in [0.1, 0.15) is 0 Å². The Morgan fingerprint density at radius 3 is 2.64 bits per heavy atom. The molecule has 1 heterocycles. The third-order valence-electron chi connectivity index (χ3n) is 4.52. The average Bonchev–Trinajstić information content (AvgIpc) is 3.06. The van der Waals surface area contributed by atoms with E-state index in [0.29, 0.717) is 12.6 Å². The second-order valence-electron chi connectivity index (χ2n) is 5.94. The maximum Gasteiger partial charge on any atom is 0.315 e. The van der Waals surface area contributed by atoms with Crippen LogP contribution in [0.25, 0.3) is 0 Å². The van der Waals surface area contributed by atoms with Crippen LogP contribution in [0, 0.1) is 0 Å². The number of likely N-dealkylation sites (N-methyl/N-ethyl adjacent to an activating group) is 1. The van der Waals surface area contributed by atoms with Crippen molar-refractivity contribution >= 4 is 17.4 Å². The minimum atomic E-state index is -0.0133. The molecule has 22 heavy (non-hydrogen) atoms. The zero-order valence-electron chi connectivity index (χ0n) is 13.8. The van der Waals surface area contributed by atoms with Crippen LogP contribution in [0.2, 0.25) is 0 Å². The average molecular weight is 324 g/mol. The van der Waals surface area contributed by atoms with Gasteiger partial charge in [0.05, 0.1) is 6.04 Å². The summed E-state index contributed by atoms with van der Waals surface area (Å²) in [5.41, 5.74) is 0. The minimum absolute atomic E-state index is 0.0133. The molecule has 0 radical (unpaired) electrons. The van der Waals surface area contributed by atoms with Crippen molar-refractivity contribution in [3.63, 3.8) is 0 Å². The smallest absolute Gasteiger partial charge is 0.315 e. The van der Waals surface area contributed by atoms with Crippen molar-refractivity contribution in [1.82, 2.24) is 15.5 Å². The first-order valence-corrected chi connectivity index (χ1v) is 9.44. The molecule has 1 aliphatic carbocycles. The van der Waals surface area contributed by atoms with Crippen LogP contribution < -0.4 is 10.6 Å². The van der Waals surface area contributed by atoms with Gasteiger partial charge < -0.3 is 10.6 Å². The van der Waals surface area contributed by atoms with Gasteiger partial charge in [-0.3, -0.25) is 4.90 Å². The zero-order chi connectivity index (χ0) is 15.8. The molecular formula is C17H29N3OS. The van der Waals surface area contributed by atoms with Gasteiger partial charge in [-0.1, -0.05) is 39.2 Å². The number of carbonyl (C=O) groups is 1. The monoisotopic (exact) mass is 323 g/mol. The molecule has 0 bridgehead atoms. The SMILES string of the molecule is CCN(CC)C(CNC(=O)NC1CCCCC1)c1cccs1. The number of rotatable bonds is 7. The first-order chi connectivity index (χ1) is 10.7. The van der Waals surface area contributed by atoms with Gasteiger partial charge in [0.25, 0.3) is 0 Å². The molecule has 1 atom stereocenters. The molecule has 2 amide bonds. The molecule has 0 spiro atoms. The van der Waals surface area contributed by atoms with Crippen LogP contribution in [-0.2, 0) is 0 Å². The number of hydrogen-bond acceptors (Lipinski definition) is 3. The standard InChI is InChI=1S/C17H29N3OS/c1-3-20(4-2)15(16-11-8-12-22-16)13-18-17(21)19-14-9-6-5-7-10-14/h8,11-12,14-15H,3-7,9-10,13H2,1-2H3,(H2,18,19,21). The third-order valence-corrected chi connectivity index (χ3v) is 5.49. The van der Waals surface area contributed by atoms with E-state index < -0.39 is 0 Å². The number of amides is 2. The Labute approximate surface area is 138 Å². The molecule has 2 N–H and O–H groups in total. The fourth-order valence-corrected chi connectivity index (χ4v) is 4.09. The van der Waals surface area contributed by atoms with Gasteiger partial charge >= 0.3 is 6.03 Å². The molecule has 1 unspecified atom stereocenters. The van der Waals surface area contributed by atoms with E-state index in [4.69, 9.17) is 0 Å². The van der Waals surface area contributed by atoms with E-state index in [1.807, 2.05) is 0 Å². The van der Waals surface area contributed by atoms with Gasteiger partial charge in [0.2, 0.25) is 0 Å². The molecule has 0 saturated heterocycles. The van der Waals surface area contributed by atoms with Crippen molar-refractivity contribution in [3.8, 4) is 0 Å². The van der Waals surface area contributed by atoms with Crippen LogP contribution in [0.5, 0.6) is 0 Å². The topological polar surface area (TPSA) is 44.4 Å². The summed E-state index contributed by atoms with van der Waals surface area (Å²) in [6.45, 7) is 7.00. The Morgan fingerprint density at radius 1 is 1.32 bits per heavy atom. The van der Waals surface area contributed by atoms with E-state index in [2.05, 4.69) is 46.9 Å². The summed E-state index contributed by atoms with van der Waals surface area (Å²) < 4.78 is 0. The number of urea groups is 1. The van der Waals surface area contributed by atoms with Crippen LogP contribution in [0.15, 0.2) is 17.5 Å². The zero-order valence-corrected chi connectivity index (χ0v) is 14.6. The second-order valence-corrected chi connectivity index (χ2v) is 6.92. The van der Waals surface area contributed by atoms with E-state index in [1.54, 1.807) is 11.3 Å². The van der Waals surface area contributed by atoms with Crippen LogP contribution in [0.3, 0.4) is 0 Å². The number of thiophene rings is 1. The molecule has 0 aliphatic heterocycles. The first-order valence-electron chi connectivity index (χ1n) is 8.56. The van der Waals surface area contributed by atoms with Crippen molar-refractivity contribution in [2.45, 2.75) is 58.0 Å². The molecule has 124 valence electrons. The summed E-state index contributed by atoms with van der Waals surface area (Å²) in [5.74, 6) is 0. The molecule has 5 heteroatoms. The Balaban J connectivity index is 1.86. The summed E-state index contributed by atoms with van der Waals surface area (Å²) in [6, 6.07) is 4.86. The van der Waals surface area contributed by atoms with E-state index in [1.165, 1.54) is 24.1 Å². The summed E-state index contributed by atoms with van der Waals surface area (Å²) in [6.07, 6.45) is 6.03. The maximum absolute atomic E-state index is 12.1. The van der Waals surface area contributed by atoms with Gasteiger partial charge in [-0.2, -0.15) is 0 Å². The van der Waals surface area contributed by atoms with Crippen molar-refractivity contribution in [2.75, 3.05) is 19.6 Å². The Kier molecular flexibility index (Phi) is 7.19. The quantitative estimate of drug-likeness (QED) is 0.802. The van der Waals surface area contributed by atoms with Gasteiger partial charge in [0.15, 0.2) is 0 Å². The van der Waals surface area contributed by atoms with Crippen LogP contribution in [-0.4, -0.2) is 36.6 Å². The summed E-state index contributed by atoms with van der Waals surface area (Å²) in [7, 11) is 0. The second kappa shape index (κ2) is 9.16. The molecule has 4 nitrogen and oxygen atoms in total. The molecule has 1 aromatic rings.